The van der Waals surface area contributed by atoms with Crippen LogP contribution in [0.3, 0.4) is 0 Å². The maximum Gasteiger partial charge on any atom is 0.339 e. The largest absolute Gasteiger partial charge is 0.478 e. The number of hydrogen-bond acceptors (Lipinski definition) is 3. The Morgan fingerprint density at radius 3 is 3.00 bits per heavy atom. The molecule has 0 unspecified atom stereocenters. The molecule has 0 fully saturated rings. The van der Waals surface area contributed by atoms with Crippen LogP contribution in [-0.2, 0) is 0 Å². The zero-order chi connectivity index (χ0) is 10.3. The Bertz CT molecular complexity index is 567. The van der Waals surface area contributed by atoms with Crippen molar-refractivity contribution in [1.82, 2.24) is 14.6 Å². The van der Waals surface area contributed by atoms with Crippen molar-refractivity contribution in [2.24, 2.45) is 0 Å². The molecule has 0 amide bonds. The van der Waals surface area contributed by atoms with Crippen molar-refractivity contribution in [1.29, 1.82) is 0 Å². The van der Waals surface area contributed by atoms with E-state index in [1.54, 1.807) is 6.92 Å². The summed E-state index contributed by atoms with van der Waals surface area (Å²) in [5, 5.41) is 11.2. The lowest BCUT2D eigenvalue weighted by molar-refractivity contribution is 0.0695. The van der Waals surface area contributed by atoms with Crippen LogP contribution < -0.4 is 5.56 Å². The molecule has 0 aliphatic carbocycles. The Labute approximate surface area is 77.8 Å². The van der Waals surface area contributed by atoms with Gasteiger partial charge < -0.3 is 5.11 Å². The molecule has 2 N–H and O–H groups in total. The van der Waals surface area contributed by atoms with Crippen LogP contribution in [0, 0.1) is 6.92 Å². The lowest BCUT2D eigenvalue weighted by atomic mass is 10.2. The molecule has 0 bridgehead atoms. The average molecular weight is 193 g/mol. The minimum absolute atomic E-state index is 0.0735. The van der Waals surface area contributed by atoms with E-state index in [9.17, 15) is 9.59 Å². The highest BCUT2D eigenvalue weighted by Gasteiger charge is 2.10. The summed E-state index contributed by atoms with van der Waals surface area (Å²) in [7, 11) is 0. The number of H-pyrrole nitrogens is 1. The van der Waals surface area contributed by atoms with Gasteiger partial charge in [0.15, 0.2) is 5.65 Å². The summed E-state index contributed by atoms with van der Waals surface area (Å²) in [4.78, 5) is 25.6. The van der Waals surface area contributed by atoms with E-state index in [-0.39, 0.29) is 11.1 Å². The molecule has 0 radical (unpaired) electrons. The normalized spacial score (nSPS) is 10.6. The highest BCUT2D eigenvalue weighted by Crippen LogP contribution is 2.05. The lowest BCUT2D eigenvalue weighted by Crippen LogP contribution is -2.06. The molecule has 6 heteroatoms. The van der Waals surface area contributed by atoms with E-state index in [4.69, 9.17) is 5.11 Å². The van der Waals surface area contributed by atoms with Crippen LogP contribution in [0.25, 0.3) is 5.65 Å². The van der Waals surface area contributed by atoms with Crippen LogP contribution in [0.2, 0.25) is 0 Å². The second-order valence-electron chi connectivity index (χ2n) is 2.89. The first kappa shape index (κ1) is 8.49. The molecule has 0 saturated heterocycles. The monoisotopic (exact) mass is 193 g/mol. The number of aromatic carboxylic acids is 1. The molecule has 0 saturated carbocycles. The second kappa shape index (κ2) is 2.69. The summed E-state index contributed by atoms with van der Waals surface area (Å²) in [6.45, 7) is 1.58. The Balaban J connectivity index is 2.82. The summed E-state index contributed by atoms with van der Waals surface area (Å²) in [6, 6.07) is 1.30. The summed E-state index contributed by atoms with van der Waals surface area (Å²) < 4.78 is 1.29. The first-order valence-corrected chi connectivity index (χ1v) is 3.90. The molecule has 2 rings (SSSR count). The molecule has 72 valence electrons. The number of carboxylic acids is 1. The number of nitrogens with one attached hydrogen (secondary N) is 1. The average Bonchev–Trinajstić information content (AvgIpc) is 2.42. The van der Waals surface area contributed by atoms with Crippen molar-refractivity contribution in [3.05, 3.63) is 33.9 Å². The van der Waals surface area contributed by atoms with Crippen molar-refractivity contribution >= 4 is 11.6 Å². The first-order chi connectivity index (χ1) is 6.58. The Morgan fingerprint density at radius 1 is 1.64 bits per heavy atom. The van der Waals surface area contributed by atoms with Gasteiger partial charge in [0.2, 0.25) is 0 Å². The Morgan fingerprint density at radius 2 is 2.36 bits per heavy atom. The number of aromatic amines is 1. The van der Waals surface area contributed by atoms with Gasteiger partial charge in [0.25, 0.3) is 5.56 Å². The molecule has 6 nitrogen and oxygen atoms in total. The fraction of sp³-hybridized carbons (Fsp3) is 0.125. The third kappa shape index (κ3) is 1.17. The number of aromatic nitrogens is 3. The number of fused-ring (bicyclic) bond motifs is 1. The van der Waals surface area contributed by atoms with E-state index in [2.05, 4.69) is 10.1 Å². The Kier molecular flexibility index (Phi) is 1.63. The number of carbonyl (C=O) groups is 1. The van der Waals surface area contributed by atoms with Crippen molar-refractivity contribution in [3.8, 4) is 0 Å². The van der Waals surface area contributed by atoms with Crippen molar-refractivity contribution < 1.29 is 9.90 Å². The van der Waals surface area contributed by atoms with Crippen LogP contribution in [0.5, 0.6) is 0 Å². The molecule has 2 heterocycles. The van der Waals surface area contributed by atoms with Gasteiger partial charge >= 0.3 is 5.97 Å². The molecular formula is C8H7N3O3. The lowest BCUT2D eigenvalue weighted by Gasteiger charge is -2.00. The maximum absolute atomic E-state index is 10.9. The van der Waals surface area contributed by atoms with Gasteiger partial charge in [-0.1, -0.05) is 0 Å². The van der Waals surface area contributed by atoms with Crippen molar-refractivity contribution in [2.45, 2.75) is 6.92 Å². The highest BCUT2D eigenvalue weighted by molar-refractivity contribution is 5.88. The van der Waals surface area contributed by atoms with Gasteiger partial charge in [-0.05, 0) is 6.92 Å². The Hall–Kier alpha value is -2.11. The van der Waals surface area contributed by atoms with Crippen LogP contribution >= 0.6 is 0 Å². The molecule has 2 aromatic heterocycles. The predicted octanol–water partition coefficient (Wildman–Crippen LogP) is 0.0292. The predicted molar refractivity (Wildman–Crippen MR) is 47.5 cm³/mol. The van der Waals surface area contributed by atoms with Gasteiger partial charge in [-0.25, -0.2) is 14.3 Å². The van der Waals surface area contributed by atoms with E-state index < -0.39 is 5.97 Å². The van der Waals surface area contributed by atoms with E-state index in [0.717, 1.165) is 0 Å². The van der Waals surface area contributed by atoms with Crippen molar-refractivity contribution in [3.63, 3.8) is 0 Å². The third-order valence-corrected chi connectivity index (χ3v) is 1.90. The quantitative estimate of drug-likeness (QED) is 0.668. The zero-order valence-electron chi connectivity index (χ0n) is 7.31. The second-order valence-corrected chi connectivity index (χ2v) is 2.89. The summed E-state index contributed by atoms with van der Waals surface area (Å²) >= 11 is 0. The molecule has 2 aromatic rings. The number of nitrogens with zero attached hydrogens (tertiary/aromatic N) is 2. The number of aryl methyl sites for hydroxylation is 1. The SMILES string of the molecule is Cc1nc2cc(=O)[nH]n2cc1C(=O)O. The fourth-order valence-corrected chi connectivity index (χ4v) is 1.24. The number of rotatable bonds is 1. The van der Waals surface area contributed by atoms with Crippen LogP contribution in [0.15, 0.2) is 17.1 Å². The number of hydrogen-bond donors (Lipinski definition) is 2. The number of carboxylic acid groups (broad SMARTS) is 1. The van der Waals surface area contributed by atoms with Gasteiger partial charge in [0, 0.05) is 12.3 Å². The third-order valence-electron chi connectivity index (χ3n) is 1.90. The minimum Gasteiger partial charge on any atom is -0.478 e. The standard InChI is InChI=1S/C8H7N3O3/c1-4-5(8(13)14)3-11-6(9-4)2-7(12)10-11/h2-3H,1H3,(H,10,12)(H,13,14). The van der Waals surface area contributed by atoms with Gasteiger partial charge in [-0.15, -0.1) is 0 Å². The van der Waals surface area contributed by atoms with Gasteiger partial charge in [-0.2, -0.15) is 0 Å². The van der Waals surface area contributed by atoms with Gasteiger partial charge in [-0.3, -0.25) is 9.89 Å². The highest BCUT2D eigenvalue weighted by atomic mass is 16.4. The topological polar surface area (TPSA) is 87.5 Å². The molecule has 0 aliphatic rings. The van der Waals surface area contributed by atoms with E-state index in [1.165, 1.54) is 16.8 Å². The molecule has 0 spiro atoms. The summed E-state index contributed by atoms with van der Waals surface area (Å²) in [5.41, 5.74) is 0.567. The summed E-state index contributed by atoms with van der Waals surface area (Å²) in [5.74, 6) is -1.06. The molecule has 0 atom stereocenters. The van der Waals surface area contributed by atoms with Crippen LogP contribution in [0.4, 0.5) is 0 Å². The molecule has 14 heavy (non-hydrogen) atoms. The molecule has 0 aromatic carbocycles. The first-order valence-electron chi connectivity index (χ1n) is 3.90. The van der Waals surface area contributed by atoms with Crippen molar-refractivity contribution in [2.75, 3.05) is 0 Å². The van der Waals surface area contributed by atoms with E-state index in [0.29, 0.717) is 11.3 Å². The van der Waals surface area contributed by atoms with Crippen LogP contribution in [-0.4, -0.2) is 25.7 Å². The minimum atomic E-state index is -1.06. The molecular weight excluding hydrogens is 186 g/mol. The van der Waals surface area contributed by atoms with E-state index in [1.807, 2.05) is 0 Å². The zero-order valence-corrected chi connectivity index (χ0v) is 7.31. The smallest absolute Gasteiger partial charge is 0.339 e. The fourth-order valence-electron chi connectivity index (χ4n) is 1.24. The van der Waals surface area contributed by atoms with Gasteiger partial charge in [0.05, 0.1) is 11.3 Å². The maximum atomic E-state index is 10.9. The van der Waals surface area contributed by atoms with Gasteiger partial charge in [0.1, 0.15) is 0 Å². The molecule has 0 aliphatic heterocycles. The summed E-state index contributed by atoms with van der Waals surface area (Å²) in [6.07, 6.45) is 1.33. The van der Waals surface area contributed by atoms with E-state index >= 15 is 0 Å². The van der Waals surface area contributed by atoms with Crippen LogP contribution in [0.1, 0.15) is 16.1 Å².